The van der Waals surface area contributed by atoms with Crippen molar-refractivity contribution in [2.24, 2.45) is 0 Å². The average Bonchev–Trinajstić information content (AvgIpc) is 2.92. The number of ether oxygens (including phenoxy) is 2. The highest BCUT2D eigenvalue weighted by atomic mass is 32.1. The SMILES string of the molecule is COCCOCCc1nc(-c2ccccc2)c(C(=O)O)s1. The highest BCUT2D eigenvalue weighted by Gasteiger charge is 2.18. The van der Waals surface area contributed by atoms with Gasteiger partial charge in [-0.2, -0.15) is 0 Å². The molecule has 0 atom stereocenters. The number of thiazole rings is 1. The van der Waals surface area contributed by atoms with Crippen LogP contribution in [0, 0.1) is 0 Å². The maximum atomic E-state index is 11.3. The van der Waals surface area contributed by atoms with E-state index in [4.69, 9.17) is 9.47 Å². The molecular formula is C15H17NO4S. The Labute approximate surface area is 127 Å². The molecule has 0 radical (unpaired) electrons. The Bertz CT molecular complexity index is 583. The van der Waals surface area contributed by atoms with Gasteiger partial charge in [-0.1, -0.05) is 30.3 Å². The molecule has 1 N–H and O–H groups in total. The van der Waals surface area contributed by atoms with Crippen molar-refractivity contribution >= 4 is 17.3 Å². The van der Waals surface area contributed by atoms with Crippen molar-refractivity contribution in [3.8, 4) is 11.3 Å². The number of aromatic nitrogens is 1. The number of nitrogens with zero attached hydrogens (tertiary/aromatic N) is 1. The number of rotatable bonds is 8. The van der Waals surface area contributed by atoms with Crippen molar-refractivity contribution < 1.29 is 19.4 Å². The van der Waals surface area contributed by atoms with Gasteiger partial charge < -0.3 is 14.6 Å². The zero-order valence-electron chi connectivity index (χ0n) is 11.7. The summed E-state index contributed by atoms with van der Waals surface area (Å²) in [7, 11) is 1.62. The van der Waals surface area contributed by atoms with Crippen LogP contribution in [0.2, 0.25) is 0 Å². The van der Waals surface area contributed by atoms with E-state index in [1.54, 1.807) is 7.11 Å². The van der Waals surface area contributed by atoms with E-state index in [0.29, 0.717) is 31.9 Å². The molecule has 0 aliphatic heterocycles. The van der Waals surface area contributed by atoms with E-state index in [2.05, 4.69) is 4.98 Å². The Balaban J connectivity index is 2.09. The van der Waals surface area contributed by atoms with Crippen molar-refractivity contribution in [2.45, 2.75) is 6.42 Å². The smallest absolute Gasteiger partial charge is 0.348 e. The number of aromatic carboxylic acids is 1. The standard InChI is InChI=1S/C15H17NO4S/c1-19-9-10-20-8-7-12-16-13(14(21-12)15(17)18)11-5-3-2-4-6-11/h2-6H,7-10H2,1H3,(H,17,18). The number of carbonyl (C=O) groups is 1. The lowest BCUT2D eigenvalue weighted by molar-refractivity contribution is 0.0702. The molecule has 0 saturated heterocycles. The first kappa shape index (κ1) is 15.6. The summed E-state index contributed by atoms with van der Waals surface area (Å²) in [5, 5.41) is 10.1. The fraction of sp³-hybridized carbons (Fsp3) is 0.333. The second-order valence-electron chi connectivity index (χ2n) is 4.31. The van der Waals surface area contributed by atoms with E-state index < -0.39 is 5.97 Å². The lowest BCUT2D eigenvalue weighted by Crippen LogP contribution is -2.04. The molecular weight excluding hydrogens is 290 g/mol. The van der Waals surface area contributed by atoms with Crippen molar-refractivity contribution in [3.05, 3.63) is 40.2 Å². The van der Waals surface area contributed by atoms with E-state index in [-0.39, 0.29) is 4.88 Å². The van der Waals surface area contributed by atoms with Gasteiger partial charge in [-0.3, -0.25) is 0 Å². The van der Waals surface area contributed by atoms with E-state index in [1.807, 2.05) is 30.3 Å². The summed E-state index contributed by atoms with van der Waals surface area (Å²) < 4.78 is 10.3. The summed E-state index contributed by atoms with van der Waals surface area (Å²) in [4.78, 5) is 16.1. The molecule has 1 heterocycles. The van der Waals surface area contributed by atoms with Crippen molar-refractivity contribution in [1.29, 1.82) is 0 Å². The van der Waals surface area contributed by atoms with Gasteiger partial charge in [-0.05, 0) is 0 Å². The van der Waals surface area contributed by atoms with E-state index >= 15 is 0 Å². The normalized spacial score (nSPS) is 10.7. The Hall–Kier alpha value is -1.76. The molecule has 0 bridgehead atoms. The van der Waals surface area contributed by atoms with Crippen LogP contribution in [0.15, 0.2) is 30.3 Å². The summed E-state index contributed by atoms with van der Waals surface area (Å²) >= 11 is 1.20. The Morgan fingerprint density at radius 2 is 2.00 bits per heavy atom. The van der Waals surface area contributed by atoms with Crippen LogP contribution in [0.5, 0.6) is 0 Å². The van der Waals surface area contributed by atoms with Crippen LogP contribution in [-0.2, 0) is 15.9 Å². The third-order valence-corrected chi connectivity index (χ3v) is 3.91. The highest BCUT2D eigenvalue weighted by Crippen LogP contribution is 2.28. The molecule has 0 aliphatic rings. The van der Waals surface area contributed by atoms with Crippen LogP contribution in [0.25, 0.3) is 11.3 Å². The highest BCUT2D eigenvalue weighted by molar-refractivity contribution is 7.14. The molecule has 1 aromatic carbocycles. The lowest BCUT2D eigenvalue weighted by atomic mass is 10.1. The van der Waals surface area contributed by atoms with Gasteiger partial charge in [0, 0.05) is 19.1 Å². The molecule has 6 heteroatoms. The lowest BCUT2D eigenvalue weighted by Gasteiger charge is -2.01. The van der Waals surface area contributed by atoms with E-state index in [0.717, 1.165) is 10.6 Å². The van der Waals surface area contributed by atoms with Gasteiger partial charge in [-0.15, -0.1) is 11.3 Å². The molecule has 0 spiro atoms. The summed E-state index contributed by atoms with van der Waals surface area (Å²) in [6.07, 6.45) is 0.599. The second kappa shape index (κ2) is 7.87. The fourth-order valence-corrected chi connectivity index (χ4v) is 2.72. The van der Waals surface area contributed by atoms with Crippen molar-refractivity contribution in [3.63, 3.8) is 0 Å². The fourth-order valence-electron chi connectivity index (χ4n) is 1.81. The first-order valence-electron chi connectivity index (χ1n) is 6.57. The van der Waals surface area contributed by atoms with Gasteiger partial charge in [-0.25, -0.2) is 9.78 Å². The molecule has 112 valence electrons. The number of hydrogen-bond donors (Lipinski definition) is 1. The largest absolute Gasteiger partial charge is 0.477 e. The van der Waals surface area contributed by atoms with Gasteiger partial charge in [0.1, 0.15) is 4.88 Å². The monoisotopic (exact) mass is 307 g/mol. The first-order chi connectivity index (χ1) is 10.2. The number of benzene rings is 1. The minimum Gasteiger partial charge on any atom is -0.477 e. The molecule has 2 aromatic rings. The zero-order valence-corrected chi connectivity index (χ0v) is 12.6. The predicted octanol–water partition coefficient (Wildman–Crippen LogP) is 2.71. The summed E-state index contributed by atoms with van der Waals surface area (Å²) in [6.45, 7) is 1.58. The second-order valence-corrected chi connectivity index (χ2v) is 5.40. The van der Waals surface area contributed by atoms with Gasteiger partial charge in [0.05, 0.1) is 30.5 Å². The molecule has 21 heavy (non-hydrogen) atoms. The molecule has 5 nitrogen and oxygen atoms in total. The predicted molar refractivity (Wildman–Crippen MR) is 80.9 cm³/mol. The zero-order chi connectivity index (χ0) is 15.1. The van der Waals surface area contributed by atoms with Crippen LogP contribution < -0.4 is 0 Å². The molecule has 1 aromatic heterocycles. The molecule has 0 unspecified atom stereocenters. The van der Waals surface area contributed by atoms with Crippen molar-refractivity contribution in [1.82, 2.24) is 4.98 Å². The molecule has 0 saturated carbocycles. The van der Waals surface area contributed by atoms with Crippen LogP contribution in [0.3, 0.4) is 0 Å². The number of carboxylic acids is 1. The first-order valence-corrected chi connectivity index (χ1v) is 7.39. The molecule has 2 rings (SSSR count). The summed E-state index contributed by atoms with van der Waals surface area (Å²) in [5.74, 6) is -0.946. The molecule has 0 amide bonds. The van der Waals surface area contributed by atoms with Gasteiger partial charge in [0.25, 0.3) is 0 Å². The van der Waals surface area contributed by atoms with Crippen LogP contribution in [0.1, 0.15) is 14.7 Å². The molecule has 0 aliphatic carbocycles. The topological polar surface area (TPSA) is 68.7 Å². The van der Waals surface area contributed by atoms with Crippen LogP contribution in [-0.4, -0.2) is 43.0 Å². The maximum Gasteiger partial charge on any atom is 0.348 e. The van der Waals surface area contributed by atoms with Gasteiger partial charge in [0.2, 0.25) is 0 Å². The maximum absolute atomic E-state index is 11.3. The van der Waals surface area contributed by atoms with E-state index in [1.165, 1.54) is 11.3 Å². The number of hydrogen-bond acceptors (Lipinski definition) is 5. The quantitative estimate of drug-likeness (QED) is 0.759. The number of methoxy groups -OCH3 is 1. The van der Waals surface area contributed by atoms with Crippen molar-refractivity contribution in [2.75, 3.05) is 26.9 Å². The van der Waals surface area contributed by atoms with Crippen LogP contribution >= 0.6 is 11.3 Å². The minimum absolute atomic E-state index is 0.271. The minimum atomic E-state index is -0.946. The summed E-state index contributed by atoms with van der Waals surface area (Å²) in [6, 6.07) is 9.35. The van der Waals surface area contributed by atoms with Gasteiger partial charge >= 0.3 is 5.97 Å². The average molecular weight is 307 g/mol. The van der Waals surface area contributed by atoms with E-state index in [9.17, 15) is 9.90 Å². The third kappa shape index (κ3) is 4.35. The van der Waals surface area contributed by atoms with Crippen LogP contribution in [0.4, 0.5) is 0 Å². The molecule has 0 fully saturated rings. The Kier molecular flexibility index (Phi) is 5.86. The summed E-state index contributed by atoms with van der Waals surface area (Å²) in [5.41, 5.74) is 1.35. The third-order valence-electron chi connectivity index (χ3n) is 2.80. The number of carboxylic acid groups (broad SMARTS) is 1. The Morgan fingerprint density at radius 1 is 1.24 bits per heavy atom. The Morgan fingerprint density at radius 3 is 2.67 bits per heavy atom. The van der Waals surface area contributed by atoms with Gasteiger partial charge in [0.15, 0.2) is 0 Å².